The van der Waals surface area contributed by atoms with Crippen LogP contribution in [0.25, 0.3) is 0 Å². The summed E-state index contributed by atoms with van der Waals surface area (Å²) >= 11 is 0. The average molecular weight is 272 g/mol. The normalized spacial score (nSPS) is 14.5. The van der Waals surface area contributed by atoms with E-state index in [-0.39, 0.29) is 16.9 Å². The molecule has 1 heterocycles. The van der Waals surface area contributed by atoms with Gasteiger partial charge in [0.25, 0.3) is 0 Å². The van der Waals surface area contributed by atoms with Crippen LogP contribution in [0, 0.1) is 0 Å². The second-order valence-corrected chi connectivity index (χ2v) is 7.10. The highest BCUT2D eigenvalue weighted by molar-refractivity contribution is 7.89. The van der Waals surface area contributed by atoms with Gasteiger partial charge in [-0.2, -0.15) is 0 Å². The van der Waals surface area contributed by atoms with Crippen molar-refractivity contribution in [2.45, 2.75) is 44.1 Å². The first kappa shape index (κ1) is 15.1. The van der Waals surface area contributed by atoms with Crippen LogP contribution in [0.15, 0.2) is 23.2 Å². The predicted octanol–water partition coefficient (Wildman–Crippen LogP) is 1.04. The lowest BCUT2D eigenvalue weighted by atomic mass is 9.92. The monoisotopic (exact) mass is 272 g/mol. The van der Waals surface area contributed by atoms with Crippen molar-refractivity contribution in [2.75, 3.05) is 6.54 Å². The molecule has 6 heteroatoms. The minimum Gasteiger partial charge on any atom is -0.392 e. The molecule has 0 amide bonds. The Bertz CT molecular complexity index is 487. The summed E-state index contributed by atoms with van der Waals surface area (Å²) in [5.41, 5.74) is 0.715. The van der Waals surface area contributed by atoms with Crippen molar-refractivity contribution in [3.8, 4) is 0 Å². The lowest BCUT2D eigenvalue weighted by Gasteiger charge is -2.17. The highest BCUT2D eigenvalue weighted by Gasteiger charge is 2.18. The van der Waals surface area contributed by atoms with Crippen LogP contribution < -0.4 is 4.72 Å². The summed E-state index contributed by atoms with van der Waals surface area (Å²) in [5, 5.41) is 9.07. The number of nitrogens with zero attached hydrogens (tertiary/aromatic N) is 1. The van der Waals surface area contributed by atoms with Crippen LogP contribution in [0.4, 0.5) is 0 Å². The van der Waals surface area contributed by atoms with Crippen LogP contribution in [0.1, 0.15) is 33.4 Å². The first-order valence-corrected chi connectivity index (χ1v) is 7.25. The molecule has 1 rings (SSSR count). The third-order valence-electron chi connectivity index (χ3n) is 2.38. The van der Waals surface area contributed by atoms with E-state index >= 15 is 0 Å². The van der Waals surface area contributed by atoms with Crippen molar-refractivity contribution in [1.82, 2.24) is 9.71 Å². The zero-order chi connectivity index (χ0) is 14.0. The molecular formula is C12H20N2O3S. The molecule has 0 fully saturated rings. The molecule has 0 radical (unpaired) electrons. The van der Waals surface area contributed by atoms with Gasteiger partial charge in [-0.15, -0.1) is 0 Å². The fourth-order valence-electron chi connectivity index (χ4n) is 1.30. The Morgan fingerprint density at radius 1 is 1.39 bits per heavy atom. The van der Waals surface area contributed by atoms with Gasteiger partial charge in [-0.05, 0) is 19.1 Å². The maximum absolute atomic E-state index is 11.8. The third-order valence-corrected chi connectivity index (χ3v) is 3.79. The Balaban J connectivity index is 2.91. The van der Waals surface area contributed by atoms with E-state index in [4.69, 9.17) is 5.11 Å². The minimum absolute atomic E-state index is 0.0106. The quantitative estimate of drug-likeness (QED) is 0.858. The number of nitrogens with one attached hydrogen (secondary N) is 1. The van der Waals surface area contributed by atoms with Gasteiger partial charge in [0.15, 0.2) is 0 Å². The van der Waals surface area contributed by atoms with Gasteiger partial charge in [-0.3, -0.25) is 4.98 Å². The van der Waals surface area contributed by atoms with Gasteiger partial charge in [0.2, 0.25) is 10.0 Å². The first-order chi connectivity index (χ1) is 8.13. The molecule has 0 aliphatic rings. The number of hydrogen-bond acceptors (Lipinski definition) is 4. The molecule has 0 aliphatic heterocycles. The zero-order valence-electron chi connectivity index (χ0n) is 11.1. The number of pyridine rings is 1. The SMILES string of the molecule is C[C@@H](O)CNS(=O)(=O)c1ccc(C(C)(C)C)nc1. The molecule has 0 saturated heterocycles. The van der Waals surface area contributed by atoms with E-state index in [1.807, 2.05) is 20.8 Å². The van der Waals surface area contributed by atoms with Crippen molar-refractivity contribution in [2.24, 2.45) is 0 Å². The summed E-state index contributed by atoms with van der Waals surface area (Å²) in [4.78, 5) is 4.27. The van der Waals surface area contributed by atoms with E-state index in [1.165, 1.54) is 19.2 Å². The lowest BCUT2D eigenvalue weighted by molar-refractivity contribution is 0.198. The molecule has 0 saturated carbocycles. The standard InChI is InChI=1S/C12H20N2O3S/c1-9(15)7-14-18(16,17)10-5-6-11(13-8-10)12(2,3)4/h5-6,8-9,14-15H,7H2,1-4H3/t9-/m1/s1. The Morgan fingerprint density at radius 2 is 2.00 bits per heavy atom. The van der Waals surface area contributed by atoms with Gasteiger partial charge >= 0.3 is 0 Å². The summed E-state index contributed by atoms with van der Waals surface area (Å²) in [7, 11) is -3.59. The molecule has 18 heavy (non-hydrogen) atoms. The highest BCUT2D eigenvalue weighted by Crippen LogP contribution is 2.20. The third kappa shape index (κ3) is 4.04. The number of rotatable bonds is 4. The summed E-state index contributed by atoms with van der Waals surface area (Å²) in [6.45, 7) is 7.53. The van der Waals surface area contributed by atoms with Gasteiger partial charge in [0.1, 0.15) is 4.90 Å². The summed E-state index contributed by atoms with van der Waals surface area (Å²) < 4.78 is 26.0. The predicted molar refractivity (Wildman–Crippen MR) is 69.8 cm³/mol. The number of aromatic nitrogens is 1. The zero-order valence-corrected chi connectivity index (χ0v) is 12.0. The van der Waals surface area contributed by atoms with E-state index in [0.29, 0.717) is 0 Å². The van der Waals surface area contributed by atoms with Crippen LogP contribution in [-0.4, -0.2) is 31.2 Å². The van der Waals surface area contributed by atoms with E-state index < -0.39 is 16.1 Å². The van der Waals surface area contributed by atoms with E-state index in [1.54, 1.807) is 6.07 Å². The van der Waals surface area contributed by atoms with E-state index in [2.05, 4.69) is 9.71 Å². The van der Waals surface area contributed by atoms with Crippen LogP contribution in [0.2, 0.25) is 0 Å². The number of aliphatic hydroxyl groups is 1. The molecule has 0 aromatic carbocycles. The molecule has 1 aromatic rings. The van der Waals surface area contributed by atoms with Crippen molar-refractivity contribution < 1.29 is 13.5 Å². The smallest absolute Gasteiger partial charge is 0.242 e. The molecule has 0 aliphatic carbocycles. The average Bonchev–Trinajstić information content (AvgIpc) is 2.26. The fourth-order valence-corrected chi connectivity index (χ4v) is 2.36. The topological polar surface area (TPSA) is 79.3 Å². The Hall–Kier alpha value is -0.980. The molecular weight excluding hydrogens is 252 g/mol. The van der Waals surface area contributed by atoms with Crippen LogP contribution in [-0.2, 0) is 15.4 Å². The van der Waals surface area contributed by atoms with Crippen LogP contribution in [0.5, 0.6) is 0 Å². The van der Waals surface area contributed by atoms with Gasteiger partial charge < -0.3 is 5.11 Å². The Labute approximate surface area is 108 Å². The molecule has 1 aromatic heterocycles. The van der Waals surface area contributed by atoms with Crippen LogP contribution in [0.3, 0.4) is 0 Å². The van der Waals surface area contributed by atoms with E-state index in [9.17, 15) is 8.42 Å². The Kier molecular flexibility index (Phi) is 4.47. The molecule has 0 unspecified atom stereocenters. The molecule has 2 N–H and O–H groups in total. The number of sulfonamides is 1. The van der Waals surface area contributed by atoms with Crippen molar-refractivity contribution in [1.29, 1.82) is 0 Å². The first-order valence-electron chi connectivity index (χ1n) is 5.77. The maximum Gasteiger partial charge on any atom is 0.242 e. The highest BCUT2D eigenvalue weighted by atomic mass is 32.2. The fraction of sp³-hybridized carbons (Fsp3) is 0.583. The van der Waals surface area contributed by atoms with Gasteiger partial charge in [-0.25, -0.2) is 13.1 Å². The lowest BCUT2D eigenvalue weighted by Crippen LogP contribution is -2.30. The van der Waals surface area contributed by atoms with E-state index in [0.717, 1.165) is 5.69 Å². The molecule has 0 spiro atoms. The molecule has 1 atom stereocenters. The molecule has 5 nitrogen and oxygen atoms in total. The van der Waals surface area contributed by atoms with Crippen molar-refractivity contribution >= 4 is 10.0 Å². The molecule has 102 valence electrons. The van der Waals surface area contributed by atoms with Crippen molar-refractivity contribution in [3.05, 3.63) is 24.0 Å². The second-order valence-electron chi connectivity index (χ2n) is 5.33. The summed E-state index contributed by atoms with van der Waals surface area (Å²) in [5.74, 6) is 0. The number of hydrogen-bond donors (Lipinski definition) is 2. The Morgan fingerprint density at radius 3 is 2.39 bits per heavy atom. The van der Waals surface area contributed by atoms with Gasteiger partial charge in [0, 0.05) is 23.9 Å². The summed E-state index contributed by atoms with van der Waals surface area (Å²) in [6.07, 6.45) is 0.617. The summed E-state index contributed by atoms with van der Waals surface area (Å²) in [6, 6.07) is 3.23. The second kappa shape index (κ2) is 5.34. The van der Waals surface area contributed by atoms with Gasteiger partial charge in [-0.1, -0.05) is 20.8 Å². The minimum atomic E-state index is -3.59. The number of aliphatic hydroxyl groups excluding tert-OH is 1. The largest absolute Gasteiger partial charge is 0.392 e. The molecule has 0 bridgehead atoms. The maximum atomic E-state index is 11.8. The van der Waals surface area contributed by atoms with Gasteiger partial charge in [0.05, 0.1) is 6.10 Å². The van der Waals surface area contributed by atoms with Crippen molar-refractivity contribution in [3.63, 3.8) is 0 Å². The van der Waals surface area contributed by atoms with Crippen LogP contribution >= 0.6 is 0 Å².